The third-order valence-electron chi connectivity index (χ3n) is 4.86. The molecule has 0 aliphatic carbocycles. The number of rotatable bonds is 7. The van der Waals surface area contributed by atoms with Crippen molar-refractivity contribution < 1.29 is 18.1 Å². The summed E-state index contributed by atoms with van der Waals surface area (Å²) in [5, 5.41) is 13.8. The maximum absolute atomic E-state index is 12.6. The number of imidazole rings is 1. The number of anilines is 2. The molecule has 2 N–H and O–H groups in total. The number of aryl methyl sites for hydroxylation is 1. The Hall–Kier alpha value is -4.58. The molecule has 0 spiro atoms. The van der Waals surface area contributed by atoms with E-state index >= 15 is 0 Å². The summed E-state index contributed by atoms with van der Waals surface area (Å²) in [5.74, 6) is 0.242. The number of nitro benzene ring substituents is 1. The summed E-state index contributed by atoms with van der Waals surface area (Å²) in [6.07, 6.45) is 6.50. The Morgan fingerprint density at radius 1 is 1.06 bits per heavy atom. The Kier molecular flexibility index (Phi) is 6.06. The van der Waals surface area contributed by atoms with Crippen LogP contribution in [0.4, 0.5) is 17.1 Å². The van der Waals surface area contributed by atoms with Crippen molar-refractivity contribution in [3.8, 4) is 5.82 Å². The molecule has 0 saturated carbocycles. The maximum Gasteiger partial charge on any atom is 0.273 e. The van der Waals surface area contributed by atoms with Crippen LogP contribution in [0.2, 0.25) is 0 Å². The van der Waals surface area contributed by atoms with Gasteiger partial charge in [0.15, 0.2) is 0 Å². The molecule has 11 nitrogen and oxygen atoms in total. The molecule has 0 bridgehead atoms. The normalized spacial score (nSPS) is 11.1. The van der Waals surface area contributed by atoms with Gasteiger partial charge in [-0.1, -0.05) is 6.07 Å². The van der Waals surface area contributed by atoms with Crippen LogP contribution < -0.4 is 10.0 Å². The summed E-state index contributed by atoms with van der Waals surface area (Å²) in [6.45, 7) is 1.52. The van der Waals surface area contributed by atoms with Crippen molar-refractivity contribution in [2.45, 2.75) is 11.8 Å². The smallest absolute Gasteiger partial charge is 0.273 e. The summed E-state index contributed by atoms with van der Waals surface area (Å²) in [7, 11) is -4.06. The molecule has 0 saturated heterocycles. The second-order valence-electron chi connectivity index (χ2n) is 7.22. The highest BCUT2D eigenvalue weighted by Crippen LogP contribution is 2.24. The summed E-state index contributed by atoms with van der Waals surface area (Å²) < 4.78 is 29.3. The number of benzene rings is 2. The fraction of sp³-hybridized carbons (Fsp3) is 0.0455. The first-order valence-corrected chi connectivity index (χ1v) is 11.3. The zero-order valence-corrected chi connectivity index (χ0v) is 18.6. The molecule has 2 aromatic heterocycles. The van der Waals surface area contributed by atoms with Gasteiger partial charge in [0, 0.05) is 35.3 Å². The van der Waals surface area contributed by atoms with Crippen LogP contribution in [-0.2, 0) is 10.0 Å². The van der Waals surface area contributed by atoms with Crippen LogP contribution >= 0.6 is 0 Å². The van der Waals surface area contributed by atoms with Crippen molar-refractivity contribution in [1.82, 2.24) is 14.5 Å². The van der Waals surface area contributed by atoms with Gasteiger partial charge in [-0.15, -0.1) is 0 Å². The summed E-state index contributed by atoms with van der Waals surface area (Å²) in [6, 6.07) is 12.9. The number of nitro groups is 1. The summed E-state index contributed by atoms with van der Waals surface area (Å²) >= 11 is 0. The molecule has 4 aromatic rings. The van der Waals surface area contributed by atoms with Crippen LogP contribution in [0, 0.1) is 17.0 Å². The molecule has 0 aliphatic rings. The third-order valence-corrected chi connectivity index (χ3v) is 6.24. The van der Waals surface area contributed by atoms with Gasteiger partial charge in [0.1, 0.15) is 12.1 Å². The fourth-order valence-electron chi connectivity index (χ4n) is 3.07. The predicted octanol–water partition coefficient (Wildman–Crippen LogP) is 3.54. The lowest BCUT2D eigenvalue weighted by atomic mass is 10.2. The van der Waals surface area contributed by atoms with Gasteiger partial charge in [-0.05, 0) is 49.4 Å². The lowest BCUT2D eigenvalue weighted by molar-refractivity contribution is -0.385. The van der Waals surface area contributed by atoms with E-state index in [9.17, 15) is 23.3 Å². The van der Waals surface area contributed by atoms with Crippen molar-refractivity contribution >= 4 is 33.0 Å². The van der Waals surface area contributed by atoms with Gasteiger partial charge >= 0.3 is 0 Å². The lowest BCUT2D eigenvalue weighted by Crippen LogP contribution is -2.14. The van der Waals surface area contributed by atoms with Crippen molar-refractivity contribution in [2.24, 2.45) is 0 Å². The molecule has 12 heteroatoms. The van der Waals surface area contributed by atoms with Gasteiger partial charge in [-0.2, -0.15) is 0 Å². The van der Waals surface area contributed by atoms with E-state index in [0.717, 1.165) is 6.07 Å². The number of carbonyl (C=O) groups excluding carboxylic acids is 1. The minimum absolute atomic E-state index is 0.200. The highest BCUT2D eigenvalue weighted by Gasteiger charge is 2.20. The zero-order chi connectivity index (χ0) is 24.3. The Morgan fingerprint density at radius 3 is 2.41 bits per heavy atom. The van der Waals surface area contributed by atoms with Crippen LogP contribution in [0.25, 0.3) is 5.82 Å². The molecule has 2 heterocycles. The molecule has 0 fully saturated rings. The van der Waals surface area contributed by atoms with Crippen LogP contribution in [0.15, 0.2) is 84.4 Å². The molecule has 172 valence electrons. The summed E-state index contributed by atoms with van der Waals surface area (Å²) in [5.41, 5.74) is 1.05. The van der Waals surface area contributed by atoms with Gasteiger partial charge in [-0.25, -0.2) is 18.4 Å². The van der Waals surface area contributed by atoms with Crippen molar-refractivity contribution in [3.63, 3.8) is 0 Å². The quantitative estimate of drug-likeness (QED) is 0.305. The number of nitrogens with zero attached hydrogens (tertiary/aromatic N) is 4. The Bertz CT molecular complexity index is 1450. The van der Waals surface area contributed by atoms with Gasteiger partial charge in [-0.3, -0.25) is 24.2 Å². The highest BCUT2D eigenvalue weighted by atomic mass is 32.2. The van der Waals surface area contributed by atoms with Gasteiger partial charge in [0.2, 0.25) is 0 Å². The first-order valence-electron chi connectivity index (χ1n) is 9.86. The fourth-order valence-corrected chi connectivity index (χ4v) is 4.15. The minimum atomic E-state index is -4.06. The van der Waals surface area contributed by atoms with Crippen LogP contribution in [0.3, 0.4) is 0 Å². The van der Waals surface area contributed by atoms with E-state index in [1.807, 2.05) is 0 Å². The van der Waals surface area contributed by atoms with Gasteiger partial charge in [0.05, 0.1) is 21.7 Å². The number of aromatic nitrogens is 3. The van der Waals surface area contributed by atoms with E-state index in [-0.39, 0.29) is 16.3 Å². The van der Waals surface area contributed by atoms with Crippen molar-refractivity contribution in [2.75, 3.05) is 10.0 Å². The molecule has 34 heavy (non-hydrogen) atoms. The molecule has 0 unspecified atom stereocenters. The Morgan fingerprint density at radius 2 is 1.79 bits per heavy atom. The molecule has 0 atom stereocenters. The van der Waals surface area contributed by atoms with Crippen LogP contribution in [-0.4, -0.2) is 33.8 Å². The number of hydrogen-bond acceptors (Lipinski definition) is 7. The van der Waals surface area contributed by atoms with Crippen molar-refractivity contribution in [1.29, 1.82) is 0 Å². The van der Waals surface area contributed by atoms with E-state index in [0.29, 0.717) is 22.6 Å². The molecular weight excluding hydrogens is 460 g/mol. The van der Waals surface area contributed by atoms with E-state index < -0.39 is 20.9 Å². The standard InChI is InChI=1S/C22H18N6O5S/c1-15-2-8-19(12-20(15)28(30)31)34(32,33)26-17-5-3-16(4-6-17)22(29)25-18-7-9-21(24-13-18)27-11-10-23-14-27/h2-14,26H,1H3,(H,25,29). The van der Waals surface area contributed by atoms with Crippen molar-refractivity contribution in [3.05, 3.63) is 101 Å². The second kappa shape index (κ2) is 9.11. The molecule has 0 aliphatic heterocycles. The van der Waals surface area contributed by atoms with Gasteiger partial charge < -0.3 is 5.32 Å². The Balaban J connectivity index is 1.44. The van der Waals surface area contributed by atoms with Crippen LogP contribution in [0.5, 0.6) is 0 Å². The van der Waals surface area contributed by atoms with Crippen LogP contribution in [0.1, 0.15) is 15.9 Å². The molecule has 4 rings (SSSR count). The number of carbonyl (C=O) groups is 1. The molecular formula is C22H18N6O5S. The highest BCUT2D eigenvalue weighted by molar-refractivity contribution is 7.92. The van der Waals surface area contributed by atoms with E-state index in [4.69, 9.17) is 0 Å². The number of amides is 1. The second-order valence-corrected chi connectivity index (χ2v) is 8.90. The SMILES string of the molecule is Cc1ccc(S(=O)(=O)Nc2ccc(C(=O)Nc3ccc(-n4ccnc4)nc3)cc2)cc1[N+](=O)[O-]. The van der Waals surface area contributed by atoms with E-state index in [1.54, 1.807) is 35.4 Å². The molecule has 2 aromatic carbocycles. The Labute approximate surface area is 194 Å². The lowest BCUT2D eigenvalue weighted by Gasteiger charge is -2.10. The number of hydrogen-bond donors (Lipinski definition) is 2. The topological polar surface area (TPSA) is 149 Å². The largest absolute Gasteiger partial charge is 0.321 e. The number of pyridine rings is 1. The molecule has 0 radical (unpaired) electrons. The molecule has 1 amide bonds. The average molecular weight is 478 g/mol. The summed E-state index contributed by atoms with van der Waals surface area (Å²) in [4.78, 5) is 31.0. The van der Waals surface area contributed by atoms with Gasteiger partial charge in [0.25, 0.3) is 21.6 Å². The first kappa shape index (κ1) is 22.6. The predicted molar refractivity (Wildman–Crippen MR) is 124 cm³/mol. The monoisotopic (exact) mass is 478 g/mol. The maximum atomic E-state index is 12.6. The first-order chi connectivity index (χ1) is 16.2. The number of sulfonamides is 1. The minimum Gasteiger partial charge on any atom is -0.321 e. The number of nitrogens with one attached hydrogen (secondary N) is 2. The zero-order valence-electron chi connectivity index (χ0n) is 17.7. The van der Waals surface area contributed by atoms with E-state index in [2.05, 4.69) is 20.0 Å². The third kappa shape index (κ3) is 4.91. The average Bonchev–Trinajstić information content (AvgIpc) is 3.35. The van der Waals surface area contributed by atoms with E-state index in [1.165, 1.54) is 49.5 Å².